The predicted octanol–water partition coefficient (Wildman–Crippen LogP) is 2.15. The molecule has 1 atom stereocenters. The van der Waals surface area contributed by atoms with Gasteiger partial charge in [0.25, 0.3) is 0 Å². The molecular formula is C11H16ClNO2. The van der Waals surface area contributed by atoms with E-state index in [0.717, 1.165) is 12.0 Å². The van der Waals surface area contributed by atoms with Crippen molar-refractivity contribution >= 4 is 18.4 Å². The molecule has 0 bridgehead atoms. The summed E-state index contributed by atoms with van der Waals surface area (Å²) in [6, 6.07) is 7.35. The van der Waals surface area contributed by atoms with Crippen molar-refractivity contribution in [3.05, 3.63) is 35.4 Å². The van der Waals surface area contributed by atoms with E-state index in [0.29, 0.717) is 0 Å². The minimum absolute atomic E-state index is 0. The first-order valence-electron chi connectivity index (χ1n) is 4.69. The highest BCUT2D eigenvalue weighted by Gasteiger charge is 2.09. The standard InChI is InChI=1S/C11H15NO2.ClH/c1-2-8-3-5-9(6-4-8)10(12)7-11(13)14;/h3-6,10H,2,7,12H2,1H3,(H,13,14);1H/t10-;/m0./s1. The highest BCUT2D eigenvalue weighted by atomic mass is 35.5. The quantitative estimate of drug-likeness (QED) is 0.832. The van der Waals surface area contributed by atoms with Crippen LogP contribution in [0.4, 0.5) is 0 Å². The lowest BCUT2D eigenvalue weighted by Gasteiger charge is -2.09. The zero-order chi connectivity index (χ0) is 10.6. The number of nitrogens with two attached hydrogens (primary N) is 1. The average molecular weight is 230 g/mol. The number of carboxylic acids is 1. The average Bonchev–Trinajstić information content (AvgIpc) is 2.17. The first kappa shape index (κ1) is 13.9. The molecule has 1 aromatic carbocycles. The van der Waals surface area contributed by atoms with E-state index in [1.807, 2.05) is 24.3 Å². The molecule has 1 aromatic rings. The van der Waals surface area contributed by atoms with Gasteiger partial charge in [0, 0.05) is 6.04 Å². The molecule has 84 valence electrons. The van der Waals surface area contributed by atoms with Gasteiger partial charge in [-0.3, -0.25) is 4.79 Å². The van der Waals surface area contributed by atoms with E-state index >= 15 is 0 Å². The molecule has 3 N–H and O–H groups in total. The molecule has 0 spiro atoms. The van der Waals surface area contributed by atoms with Gasteiger partial charge in [0.2, 0.25) is 0 Å². The highest BCUT2D eigenvalue weighted by molar-refractivity contribution is 5.85. The van der Waals surface area contributed by atoms with E-state index < -0.39 is 12.0 Å². The van der Waals surface area contributed by atoms with Gasteiger partial charge in [0.1, 0.15) is 0 Å². The van der Waals surface area contributed by atoms with Gasteiger partial charge in [0.05, 0.1) is 6.42 Å². The van der Waals surface area contributed by atoms with Crippen molar-refractivity contribution in [3.8, 4) is 0 Å². The molecule has 0 aliphatic heterocycles. The number of rotatable bonds is 4. The zero-order valence-corrected chi connectivity index (χ0v) is 9.46. The van der Waals surface area contributed by atoms with Gasteiger partial charge < -0.3 is 10.8 Å². The van der Waals surface area contributed by atoms with Crippen molar-refractivity contribution in [2.24, 2.45) is 5.73 Å². The Morgan fingerprint density at radius 2 is 1.93 bits per heavy atom. The van der Waals surface area contributed by atoms with Gasteiger partial charge >= 0.3 is 5.97 Å². The van der Waals surface area contributed by atoms with E-state index in [1.54, 1.807) is 0 Å². The number of halogens is 1. The van der Waals surface area contributed by atoms with Gasteiger partial charge in [-0.25, -0.2) is 0 Å². The number of hydrogen-bond acceptors (Lipinski definition) is 2. The second-order valence-corrected chi connectivity index (χ2v) is 3.30. The Balaban J connectivity index is 0.00000196. The first-order valence-corrected chi connectivity index (χ1v) is 4.69. The molecule has 0 radical (unpaired) electrons. The summed E-state index contributed by atoms with van der Waals surface area (Å²) in [5.74, 6) is -0.864. The molecular weight excluding hydrogens is 214 g/mol. The maximum atomic E-state index is 10.4. The van der Waals surface area contributed by atoms with E-state index in [2.05, 4.69) is 6.92 Å². The molecule has 4 heteroatoms. The first-order chi connectivity index (χ1) is 6.63. The summed E-state index contributed by atoms with van der Waals surface area (Å²) < 4.78 is 0. The Labute approximate surface area is 95.7 Å². The van der Waals surface area contributed by atoms with Crippen LogP contribution < -0.4 is 5.73 Å². The largest absolute Gasteiger partial charge is 0.481 e. The van der Waals surface area contributed by atoms with E-state index in [-0.39, 0.29) is 18.8 Å². The van der Waals surface area contributed by atoms with Gasteiger partial charge in [0.15, 0.2) is 0 Å². The topological polar surface area (TPSA) is 63.3 Å². The van der Waals surface area contributed by atoms with Crippen LogP contribution in [0.25, 0.3) is 0 Å². The van der Waals surface area contributed by atoms with Crippen molar-refractivity contribution in [2.45, 2.75) is 25.8 Å². The molecule has 0 heterocycles. The fraction of sp³-hybridized carbons (Fsp3) is 0.364. The van der Waals surface area contributed by atoms with Crippen molar-refractivity contribution in [2.75, 3.05) is 0 Å². The third-order valence-corrected chi connectivity index (χ3v) is 2.21. The van der Waals surface area contributed by atoms with Crippen molar-refractivity contribution in [1.82, 2.24) is 0 Å². The van der Waals surface area contributed by atoms with Crippen LogP contribution in [0, 0.1) is 0 Å². The molecule has 0 aliphatic rings. The SMILES string of the molecule is CCc1ccc([C@@H](N)CC(=O)O)cc1.Cl. The number of hydrogen-bond donors (Lipinski definition) is 2. The lowest BCUT2D eigenvalue weighted by Crippen LogP contribution is -2.14. The lowest BCUT2D eigenvalue weighted by atomic mass is 10.0. The number of carbonyl (C=O) groups is 1. The minimum Gasteiger partial charge on any atom is -0.481 e. The summed E-state index contributed by atoms with van der Waals surface area (Å²) in [4.78, 5) is 10.4. The molecule has 1 rings (SSSR count). The van der Waals surface area contributed by atoms with Crippen LogP contribution in [0.5, 0.6) is 0 Å². The number of aryl methyl sites for hydroxylation is 1. The molecule has 0 aliphatic carbocycles. The molecule has 0 saturated carbocycles. The highest BCUT2D eigenvalue weighted by Crippen LogP contribution is 2.14. The Kier molecular flexibility index (Phi) is 5.97. The van der Waals surface area contributed by atoms with Crippen LogP contribution in [0.2, 0.25) is 0 Å². The van der Waals surface area contributed by atoms with Crippen molar-refractivity contribution < 1.29 is 9.90 Å². The smallest absolute Gasteiger partial charge is 0.305 e. The Morgan fingerprint density at radius 1 is 1.40 bits per heavy atom. The third-order valence-electron chi connectivity index (χ3n) is 2.21. The summed E-state index contributed by atoms with van der Waals surface area (Å²) in [6.45, 7) is 2.08. The maximum absolute atomic E-state index is 10.4. The van der Waals surface area contributed by atoms with Crippen molar-refractivity contribution in [1.29, 1.82) is 0 Å². The Morgan fingerprint density at radius 3 is 2.33 bits per heavy atom. The molecule has 3 nitrogen and oxygen atoms in total. The van der Waals surface area contributed by atoms with Crippen LogP contribution in [0.15, 0.2) is 24.3 Å². The minimum atomic E-state index is -0.864. The summed E-state index contributed by atoms with van der Waals surface area (Å²) in [5, 5.41) is 8.57. The molecule has 0 amide bonds. The van der Waals surface area contributed by atoms with Crippen LogP contribution in [0.1, 0.15) is 30.5 Å². The zero-order valence-electron chi connectivity index (χ0n) is 8.64. The van der Waals surface area contributed by atoms with Gasteiger partial charge in [-0.15, -0.1) is 12.4 Å². The second-order valence-electron chi connectivity index (χ2n) is 3.30. The molecule has 0 unspecified atom stereocenters. The Hall–Kier alpha value is -1.06. The van der Waals surface area contributed by atoms with E-state index in [9.17, 15) is 4.79 Å². The van der Waals surface area contributed by atoms with Gasteiger partial charge in [-0.2, -0.15) is 0 Å². The van der Waals surface area contributed by atoms with Crippen LogP contribution in [-0.4, -0.2) is 11.1 Å². The van der Waals surface area contributed by atoms with E-state index in [1.165, 1.54) is 5.56 Å². The Bertz CT molecular complexity index is 311. The van der Waals surface area contributed by atoms with Crippen molar-refractivity contribution in [3.63, 3.8) is 0 Å². The number of benzene rings is 1. The summed E-state index contributed by atoms with van der Waals surface area (Å²) in [6.07, 6.45) is 0.958. The second kappa shape index (κ2) is 6.43. The van der Waals surface area contributed by atoms with Crippen LogP contribution in [0.3, 0.4) is 0 Å². The molecule has 15 heavy (non-hydrogen) atoms. The van der Waals surface area contributed by atoms with Crippen LogP contribution >= 0.6 is 12.4 Å². The predicted molar refractivity (Wildman–Crippen MR) is 62.2 cm³/mol. The summed E-state index contributed by atoms with van der Waals surface area (Å²) in [5.41, 5.74) is 7.82. The van der Waals surface area contributed by atoms with Gasteiger partial charge in [-0.1, -0.05) is 31.2 Å². The fourth-order valence-electron chi connectivity index (χ4n) is 1.31. The molecule has 0 saturated heterocycles. The van der Waals surface area contributed by atoms with Crippen LogP contribution in [-0.2, 0) is 11.2 Å². The summed E-state index contributed by atoms with van der Waals surface area (Å²) >= 11 is 0. The van der Waals surface area contributed by atoms with E-state index in [4.69, 9.17) is 10.8 Å². The molecule has 0 fully saturated rings. The fourth-order valence-corrected chi connectivity index (χ4v) is 1.31. The third kappa shape index (κ3) is 4.32. The normalized spacial score (nSPS) is 11.6. The maximum Gasteiger partial charge on any atom is 0.305 e. The lowest BCUT2D eigenvalue weighted by molar-refractivity contribution is -0.137. The number of aliphatic carboxylic acids is 1. The monoisotopic (exact) mass is 229 g/mol. The van der Waals surface area contributed by atoms with Gasteiger partial charge in [-0.05, 0) is 17.5 Å². The molecule has 0 aromatic heterocycles. The summed E-state index contributed by atoms with van der Waals surface area (Å²) in [7, 11) is 0. The number of carboxylic acid groups (broad SMARTS) is 1.